The maximum absolute atomic E-state index is 8.70. The third-order valence-electron chi connectivity index (χ3n) is 2.75. The van der Waals surface area contributed by atoms with E-state index in [0.29, 0.717) is 15.8 Å². The first-order valence-corrected chi connectivity index (χ1v) is 6.64. The summed E-state index contributed by atoms with van der Waals surface area (Å²) in [4.78, 5) is 4.34. The summed E-state index contributed by atoms with van der Waals surface area (Å²) < 4.78 is 0. The van der Waals surface area contributed by atoms with E-state index in [0.717, 1.165) is 16.8 Å². The molecule has 0 spiro atoms. The smallest absolute Gasteiger partial charge is 0.0836 e. The van der Waals surface area contributed by atoms with Crippen LogP contribution in [0.4, 0.5) is 5.69 Å². The zero-order chi connectivity index (χ0) is 14.5. The molecule has 0 aliphatic rings. The van der Waals surface area contributed by atoms with Gasteiger partial charge < -0.3 is 5.21 Å². The summed E-state index contributed by atoms with van der Waals surface area (Å²) in [6, 6.07) is 12.6. The Hall–Kier alpha value is -1.84. The molecule has 0 saturated heterocycles. The SMILES string of the molecule is C/C(=N\O)c1ccc(N=Cc2ccc(Cl)cc2Cl)cc1. The highest BCUT2D eigenvalue weighted by atomic mass is 35.5. The molecule has 0 aliphatic carbocycles. The highest BCUT2D eigenvalue weighted by molar-refractivity contribution is 6.36. The van der Waals surface area contributed by atoms with Gasteiger partial charge in [0.25, 0.3) is 0 Å². The second-order valence-electron chi connectivity index (χ2n) is 4.16. The number of benzene rings is 2. The van der Waals surface area contributed by atoms with Gasteiger partial charge in [0.1, 0.15) is 0 Å². The van der Waals surface area contributed by atoms with E-state index in [4.69, 9.17) is 28.4 Å². The molecule has 1 N–H and O–H groups in total. The standard InChI is InChI=1S/C15H12Cl2N2O/c1-10(19-20)11-3-6-14(7-4-11)18-9-12-2-5-13(16)8-15(12)17/h2-9,20H,1H3/b18-9?,19-10+. The van der Waals surface area contributed by atoms with Crippen molar-refractivity contribution in [2.75, 3.05) is 0 Å². The Balaban J connectivity index is 2.19. The molecule has 0 fully saturated rings. The summed E-state index contributed by atoms with van der Waals surface area (Å²) >= 11 is 11.9. The molecule has 2 rings (SSSR count). The average Bonchev–Trinajstić information content (AvgIpc) is 2.46. The fraction of sp³-hybridized carbons (Fsp3) is 0.0667. The fourth-order valence-corrected chi connectivity index (χ4v) is 2.05. The lowest BCUT2D eigenvalue weighted by Crippen LogP contribution is -1.92. The van der Waals surface area contributed by atoms with Crippen molar-refractivity contribution in [1.29, 1.82) is 0 Å². The van der Waals surface area contributed by atoms with Crippen LogP contribution in [0.5, 0.6) is 0 Å². The summed E-state index contributed by atoms with van der Waals surface area (Å²) in [6.45, 7) is 1.73. The molecule has 0 saturated carbocycles. The molecular formula is C15H12Cl2N2O. The van der Waals surface area contributed by atoms with Crippen LogP contribution in [-0.4, -0.2) is 17.1 Å². The van der Waals surface area contributed by atoms with Crippen LogP contribution in [0, 0.1) is 0 Å². The van der Waals surface area contributed by atoms with Crippen molar-refractivity contribution in [2.24, 2.45) is 10.1 Å². The molecule has 0 bridgehead atoms. The van der Waals surface area contributed by atoms with Crippen LogP contribution in [0.1, 0.15) is 18.1 Å². The van der Waals surface area contributed by atoms with Crippen molar-refractivity contribution in [3.63, 3.8) is 0 Å². The van der Waals surface area contributed by atoms with Crippen molar-refractivity contribution in [1.82, 2.24) is 0 Å². The lowest BCUT2D eigenvalue weighted by Gasteiger charge is -2.00. The van der Waals surface area contributed by atoms with Gasteiger partial charge in [0.15, 0.2) is 0 Å². The number of halogens is 2. The van der Waals surface area contributed by atoms with Gasteiger partial charge in [0, 0.05) is 16.8 Å². The van der Waals surface area contributed by atoms with E-state index in [1.807, 2.05) is 30.3 Å². The number of hydrogen-bond donors (Lipinski definition) is 1. The number of nitrogens with zero attached hydrogens (tertiary/aromatic N) is 2. The van der Waals surface area contributed by atoms with E-state index >= 15 is 0 Å². The van der Waals surface area contributed by atoms with E-state index in [-0.39, 0.29) is 0 Å². The Labute approximate surface area is 127 Å². The zero-order valence-electron chi connectivity index (χ0n) is 10.7. The Morgan fingerprint density at radius 3 is 2.40 bits per heavy atom. The van der Waals surface area contributed by atoms with E-state index in [1.54, 1.807) is 25.3 Å². The van der Waals surface area contributed by atoms with E-state index in [2.05, 4.69) is 10.1 Å². The predicted octanol–water partition coefficient (Wildman–Crippen LogP) is 4.94. The number of oxime groups is 1. The van der Waals surface area contributed by atoms with Crippen LogP contribution < -0.4 is 0 Å². The number of hydrogen-bond acceptors (Lipinski definition) is 3. The summed E-state index contributed by atoms with van der Waals surface area (Å²) in [5, 5.41) is 13.0. The molecule has 0 aliphatic heterocycles. The molecule has 102 valence electrons. The molecule has 0 unspecified atom stereocenters. The van der Waals surface area contributed by atoms with Gasteiger partial charge in [0.05, 0.1) is 16.4 Å². The molecule has 2 aromatic carbocycles. The van der Waals surface area contributed by atoms with Crippen molar-refractivity contribution in [3.8, 4) is 0 Å². The first kappa shape index (κ1) is 14.6. The quantitative estimate of drug-likeness (QED) is 0.487. The molecule has 0 atom stereocenters. The third-order valence-corrected chi connectivity index (χ3v) is 3.31. The van der Waals surface area contributed by atoms with Gasteiger partial charge in [-0.05, 0) is 36.8 Å². The van der Waals surface area contributed by atoms with E-state index < -0.39 is 0 Å². The average molecular weight is 307 g/mol. The second-order valence-corrected chi connectivity index (χ2v) is 5.00. The van der Waals surface area contributed by atoms with E-state index in [1.165, 1.54) is 0 Å². The Morgan fingerprint density at radius 2 is 1.80 bits per heavy atom. The maximum atomic E-state index is 8.70. The maximum Gasteiger partial charge on any atom is 0.0836 e. The lowest BCUT2D eigenvalue weighted by molar-refractivity contribution is 0.319. The van der Waals surface area contributed by atoms with Gasteiger partial charge >= 0.3 is 0 Å². The molecule has 0 radical (unpaired) electrons. The molecular weight excluding hydrogens is 295 g/mol. The zero-order valence-corrected chi connectivity index (χ0v) is 12.2. The molecule has 0 heterocycles. The molecule has 0 amide bonds. The lowest BCUT2D eigenvalue weighted by atomic mass is 10.1. The van der Waals surface area contributed by atoms with Gasteiger partial charge in [0.2, 0.25) is 0 Å². The topological polar surface area (TPSA) is 45.0 Å². The van der Waals surface area contributed by atoms with Gasteiger partial charge in [-0.3, -0.25) is 4.99 Å². The Kier molecular flexibility index (Phi) is 4.77. The third kappa shape index (κ3) is 3.59. The van der Waals surface area contributed by atoms with Gasteiger partial charge in [-0.2, -0.15) is 0 Å². The summed E-state index contributed by atoms with van der Waals surface area (Å²) in [5.74, 6) is 0. The largest absolute Gasteiger partial charge is 0.411 e. The molecule has 5 heteroatoms. The first-order valence-electron chi connectivity index (χ1n) is 5.88. The minimum atomic E-state index is 0.557. The minimum Gasteiger partial charge on any atom is -0.411 e. The van der Waals surface area contributed by atoms with Gasteiger partial charge in [-0.15, -0.1) is 0 Å². The molecule has 3 nitrogen and oxygen atoms in total. The Bertz CT molecular complexity index is 664. The van der Waals surface area contributed by atoms with Crippen LogP contribution in [0.2, 0.25) is 10.0 Å². The fourth-order valence-electron chi connectivity index (χ4n) is 1.60. The molecule has 0 aromatic heterocycles. The van der Waals surface area contributed by atoms with Gasteiger partial charge in [-0.25, -0.2) is 0 Å². The monoisotopic (exact) mass is 306 g/mol. The van der Waals surface area contributed by atoms with Crippen LogP contribution in [0.3, 0.4) is 0 Å². The number of aliphatic imine (C=N–C) groups is 1. The minimum absolute atomic E-state index is 0.557. The number of rotatable bonds is 3. The van der Waals surface area contributed by atoms with Crippen LogP contribution in [-0.2, 0) is 0 Å². The summed E-state index contributed by atoms with van der Waals surface area (Å²) in [5.41, 5.74) is 2.98. The highest BCUT2D eigenvalue weighted by Gasteiger charge is 1.99. The predicted molar refractivity (Wildman–Crippen MR) is 84.2 cm³/mol. The first-order chi connectivity index (χ1) is 9.60. The van der Waals surface area contributed by atoms with Crippen LogP contribution in [0.25, 0.3) is 0 Å². The van der Waals surface area contributed by atoms with Crippen LogP contribution >= 0.6 is 23.2 Å². The van der Waals surface area contributed by atoms with Crippen molar-refractivity contribution in [2.45, 2.75) is 6.92 Å². The van der Waals surface area contributed by atoms with Gasteiger partial charge in [-0.1, -0.05) is 46.6 Å². The normalized spacial score (nSPS) is 12.1. The molecule has 20 heavy (non-hydrogen) atoms. The second kappa shape index (κ2) is 6.55. The van der Waals surface area contributed by atoms with Crippen LogP contribution in [0.15, 0.2) is 52.6 Å². The molecule has 2 aromatic rings. The Morgan fingerprint density at radius 1 is 1.10 bits per heavy atom. The summed E-state index contributed by atoms with van der Waals surface area (Å²) in [7, 11) is 0. The highest BCUT2D eigenvalue weighted by Crippen LogP contribution is 2.20. The van der Waals surface area contributed by atoms with Crippen molar-refractivity contribution < 1.29 is 5.21 Å². The van der Waals surface area contributed by atoms with Crippen molar-refractivity contribution in [3.05, 3.63) is 63.6 Å². The van der Waals surface area contributed by atoms with Crippen molar-refractivity contribution >= 4 is 40.8 Å². The van der Waals surface area contributed by atoms with E-state index in [9.17, 15) is 0 Å². The summed E-state index contributed by atoms with van der Waals surface area (Å²) in [6.07, 6.45) is 1.68.